The highest BCUT2D eigenvalue weighted by molar-refractivity contribution is 5.68. The topological polar surface area (TPSA) is 49.9 Å². The molecule has 0 fully saturated rings. The number of hydrogen-bond donors (Lipinski definition) is 2. The quantitative estimate of drug-likeness (QED) is 0.682. The lowest BCUT2D eigenvalue weighted by molar-refractivity contribution is 0.627. The van der Waals surface area contributed by atoms with Gasteiger partial charge in [0.25, 0.3) is 0 Å². The smallest absolute Gasteiger partial charge is 0.123 e. The third kappa shape index (κ3) is 3.07. The summed E-state index contributed by atoms with van der Waals surface area (Å²) in [7, 11) is 0. The van der Waals surface area contributed by atoms with Gasteiger partial charge in [-0.1, -0.05) is 12.1 Å². The first kappa shape index (κ1) is 9.45. The number of nitrogens with two attached hydrogens (primary N) is 1. The molecular weight excluding hydrogens is 167 g/mol. The minimum Gasteiger partial charge on any atom is -0.402 e. The zero-order valence-electron chi connectivity index (χ0n) is 7.13. The number of nitrogens with one attached hydrogen (secondary N) is 1. The number of allylic oxidation sites excluding steroid dienone is 2. The molecule has 3 N–H and O–H groups in total. The van der Waals surface area contributed by atoms with Crippen LogP contribution in [0.1, 0.15) is 5.56 Å². The van der Waals surface area contributed by atoms with Gasteiger partial charge in [-0.2, -0.15) is 0 Å². The number of rotatable bonds is 3. The van der Waals surface area contributed by atoms with Crippen LogP contribution >= 0.6 is 0 Å². The second kappa shape index (κ2) is 4.40. The predicted molar refractivity (Wildman–Crippen MR) is 51.2 cm³/mol. The molecule has 68 valence electrons. The lowest BCUT2D eigenvalue weighted by Crippen LogP contribution is -2.01. The van der Waals surface area contributed by atoms with Crippen molar-refractivity contribution in [1.29, 1.82) is 5.41 Å². The van der Waals surface area contributed by atoms with Gasteiger partial charge in [-0.25, -0.2) is 4.39 Å². The zero-order chi connectivity index (χ0) is 9.68. The van der Waals surface area contributed by atoms with Crippen LogP contribution in [0.3, 0.4) is 0 Å². The molecule has 0 radical (unpaired) electrons. The van der Waals surface area contributed by atoms with Gasteiger partial charge >= 0.3 is 0 Å². The van der Waals surface area contributed by atoms with E-state index >= 15 is 0 Å². The molecule has 0 bridgehead atoms. The molecule has 3 heteroatoms. The van der Waals surface area contributed by atoms with E-state index in [1.54, 1.807) is 12.1 Å². The molecule has 0 aliphatic heterocycles. The molecule has 0 aliphatic carbocycles. The summed E-state index contributed by atoms with van der Waals surface area (Å²) in [5.41, 5.74) is 7.11. The van der Waals surface area contributed by atoms with Crippen LogP contribution in [0.4, 0.5) is 4.39 Å². The van der Waals surface area contributed by atoms with Gasteiger partial charge in [0.1, 0.15) is 5.82 Å². The molecule has 1 aromatic rings. The monoisotopic (exact) mass is 178 g/mol. The minimum atomic E-state index is -0.252. The molecule has 0 saturated carbocycles. The number of hydrogen-bond acceptors (Lipinski definition) is 2. The van der Waals surface area contributed by atoms with E-state index in [0.29, 0.717) is 12.1 Å². The first-order chi connectivity index (χ1) is 6.22. The first-order valence-electron chi connectivity index (χ1n) is 3.92. The van der Waals surface area contributed by atoms with Gasteiger partial charge in [0.15, 0.2) is 0 Å². The van der Waals surface area contributed by atoms with Gasteiger partial charge in [-0.15, -0.1) is 0 Å². The van der Waals surface area contributed by atoms with Crippen molar-refractivity contribution in [3.8, 4) is 0 Å². The highest BCUT2D eigenvalue weighted by Gasteiger charge is 1.94. The highest BCUT2D eigenvalue weighted by Crippen LogP contribution is 2.05. The molecule has 0 aromatic heterocycles. The molecule has 1 rings (SSSR count). The van der Waals surface area contributed by atoms with Crippen molar-refractivity contribution in [2.75, 3.05) is 0 Å². The molecular formula is C10H11FN2. The van der Waals surface area contributed by atoms with E-state index in [1.165, 1.54) is 18.2 Å². The molecule has 0 aliphatic rings. The maximum absolute atomic E-state index is 12.5. The molecule has 1 aromatic carbocycles. The summed E-state index contributed by atoms with van der Waals surface area (Å²) in [5.74, 6) is -0.252. The van der Waals surface area contributed by atoms with Crippen molar-refractivity contribution in [3.63, 3.8) is 0 Å². The van der Waals surface area contributed by atoms with Crippen LogP contribution in [0.25, 0.3) is 0 Å². The average molecular weight is 178 g/mol. The lowest BCUT2D eigenvalue weighted by atomic mass is 10.1. The van der Waals surface area contributed by atoms with Crippen molar-refractivity contribution in [2.24, 2.45) is 5.73 Å². The number of benzene rings is 1. The van der Waals surface area contributed by atoms with Crippen molar-refractivity contribution in [3.05, 3.63) is 47.4 Å². The molecule has 2 nitrogen and oxygen atoms in total. The van der Waals surface area contributed by atoms with E-state index in [2.05, 4.69) is 0 Å². The van der Waals surface area contributed by atoms with E-state index in [-0.39, 0.29) is 5.82 Å². The van der Waals surface area contributed by atoms with E-state index in [1.807, 2.05) is 0 Å². The molecule has 0 atom stereocenters. The highest BCUT2D eigenvalue weighted by atomic mass is 19.1. The van der Waals surface area contributed by atoms with Gasteiger partial charge in [-0.05, 0) is 23.8 Å². The van der Waals surface area contributed by atoms with Gasteiger partial charge in [0.05, 0.1) is 0 Å². The zero-order valence-corrected chi connectivity index (χ0v) is 7.13. The second-order valence-corrected chi connectivity index (χ2v) is 2.71. The number of halogens is 1. The van der Waals surface area contributed by atoms with Crippen molar-refractivity contribution in [1.82, 2.24) is 0 Å². The van der Waals surface area contributed by atoms with Gasteiger partial charge in [0, 0.05) is 18.3 Å². The van der Waals surface area contributed by atoms with Gasteiger partial charge in [-0.3, -0.25) is 0 Å². The van der Waals surface area contributed by atoms with Gasteiger partial charge < -0.3 is 11.1 Å². The van der Waals surface area contributed by atoms with Crippen molar-refractivity contribution < 1.29 is 4.39 Å². The van der Waals surface area contributed by atoms with Crippen LogP contribution < -0.4 is 5.73 Å². The standard InChI is InChI=1S/C10H11FN2/c11-9-3-1-8(2-4-9)7-10(13)5-6-12/h1-6,12H,7,13H2. The summed E-state index contributed by atoms with van der Waals surface area (Å²) in [6.45, 7) is 0. The summed E-state index contributed by atoms with van der Waals surface area (Å²) in [5, 5.41) is 6.79. The summed E-state index contributed by atoms with van der Waals surface area (Å²) < 4.78 is 12.5. The molecule has 0 unspecified atom stereocenters. The van der Waals surface area contributed by atoms with Crippen LogP contribution in [-0.2, 0) is 6.42 Å². The fourth-order valence-electron chi connectivity index (χ4n) is 1.00. The van der Waals surface area contributed by atoms with Crippen LogP contribution in [0.15, 0.2) is 36.0 Å². The van der Waals surface area contributed by atoms with Crippen LogP contribution in [0, 0.1) is 11.2 Å². The first-order valence-corrected chi connectivity index (χ1v) is 3.92. The van der Waals surface area contributed by atoms with Crippen LogP contribution in [0.5, 0.6) is 0 Å². The van der Waals surface area contributed by atoms with Gasteiger partial charge in [0.2, 0.25) is 0 Å². The molecule has 0 spiro atoms. The maximum atomic E-state index is 12.5. The lowest BCUT2D eigenvalue weighted by Gasteiger charge is -2.00. The predicted octanol–water partition coefficient (Wildman–Crippen LogP) is 1.86. The fourth-order valence-corrected chi connectivity index (χ4v) is 1.00. The Morgan fingerprint density at radius 1 is 1.38 bits per heavy atom. The normalized spacial score (nSPS) is 11.3. The van der Waals surface area contributed by atoms with Crippen LogP contribution in [0.2, 0.25) is 0 Å². The SMILES string of the molecule is N=CC=C(N)Cc1ccc(F)cc1. The molecule has 0 saturated heterocycles. The van der Waals surface area contributed by atoms with E-state index < -0.39 is 0 Å². The van der Waals surface area contributed by atoms with E-state index in [4.69, 9.17) is 11.1 Å². The Morgan fingerprint density at radius 3 is 2.54 bits per heavy atom. The third-order valence-corrected chi connectivity index (χ3v) is 1.62. The fraction of sp³-hybridized carbons (Fsp3) is 0.100. The van der Waals surface area contributed by atoms with Crippen molar-refractivity contribution in [2.45, 2.75) is 6.42 Å². The Bertz CT molecular complexity index is 314. The molecule has 0 heterocycles. The Hall–Kier alpha value is -1.64. The summed E-state index contributed by atoms with van der Waals surface area (Å²) >= 11 is 0. The van der Waals surface area contributed by atoms with Crippen molar-refractivity contribution >= 4 is 6.21 Å². The summed E-state index contributed by atoms with van der Waals surface area (Å²) in [6, 6.07) is 6.15. The van der Waals surface area contributed by atoms with E-state index in [9.17, 15) is 4.39 Å². The van der Waals surface area contributed by atoms with E-state index in [0.717, 1.165) is 11.8 Å². The largest absolute Gasteiger partial charge is 0.402 e. The Labute approximate surface area is 76.4 Å². The van der Waals surface area contributed by atoms with Crippen LogP contribution in [-0.4, -0.2) is 6.21 Å². The Kier molecular flexibility index (Phi) is 3.20. The third-order valence-electron chi connectivity index (χ3n) is 1.62. The maximum Gasteiger partial charge on any atom is 0.123 e. The Morgan fingerprint density at radius 2 is 2.00 bits per heavy atom. The Balaban J connectivity index is 2.69. The molecule has 13 heavy (non-hydrogen) atoms. The average Bonchev–Trinajstić information content (AvgIpc) is 2.09. The minimum absolute atomic E-state index is 0.252. The summed E-state index contributed by atoms with van der Waals surface area (Å²) in [6.07, 6.45) is 3.21. The second-order valence-electron chi connectivity index (χ2n) is 2.71. The molecule has 0 amide bonds. The summed E-state index contributed by atoms with van der Waals surface area (Å²) in [4.78, 5) is 0.